The Morgan fingerprint density at radius 2 is 2.19 bits per heavy atom. The summed E-state index contributed by atoms with van der Waals surface area (Å²) in [4.78, 5) is 11.8. The molecule has 1 aromatic carbocycles. The molecule has 1 rings (SSSR count). The van der Waals surface area contributed by atoms with Crippen LogP contribution in [0.25, 0.3) is 0 Å². The largest absolute Gasteiger partial charge is 0.399 e. The number of nitrogens with two attached hydrogens (primary N) is 1. The normalized spacial score (nSPS) is 14.2. The molecular formula is C12H18N2O2. The summed E-state index contributed by atoms with van der Waals surface area (Å²) in [5.74, 6) is -0.134. The third kappa shape index (κ3) is 3.24. The average Bonchev–Trinajstić information content (AvgIpc) is 2.27. The quantitative estimate of drug-likeness (QED) is 0.666. The van der Waals surface area contributed by atoms with Crippen molar-refractivity contribution in [3.63, 3.8) is 0 Å². The number of carbonyl (C=O) groups excluding carboxylic acids is 1. The maximum absolute atomic E-state index is 11.8. The van der Waals surface area contributed by atoms with Crippen molar-refractivity contribution in [1.82, 2.24) is 5.32 Å². The Bertz CT molecular complexity index is 366. The van der Waals surface area contributed by atoms with E-state index in [4.69, 9.17) is 10.8 Å². The fourth-order valence-corrected chi connectivity index (χ4v) is 1.27. The lowest BCUT2D eigenvalue weighted by Crippen LogP contribution is -2.38. The van der Waals surface area contributed by atoms with Gasteiger partial charge in [-0.1, -0.05) is 13.0 Å². The molecule has 1 amide bonds. The molecule has 2 atom stereocenters. The highest BCUT2D eigenvalue weighted by Gasteiger charge is 2.14. The molecule has 88 valence electrons. The summed E-state index contributed by atoms with van der Waals surface area (Å²) in [6, 6.07) is 6.74. The van der Waals surface area contributed by atoms with E-state index in [9.17, 15) is 4.79 Å². The summed E-state index contributed by atoms with van der Waals surface area (Å²) in [5, 5.41) is 11.8. The highest BCUT2D eigenvalue weighted by molar-refractivity contribution is 5.95. The van der Waals surface area contributed by atoms with Crippen LogP contribution in [-0.4, -0.2) is 23.7 Å². The summed E-state index contributed by atoms with van der Waals surface area (Å²) >= 11 is 0. The van der Waals surface area contributed by atoms with Gasteiger partial charge in [0.2, 0.25) is 0 Å². The van der Waals surface area contributed by atoms with Crippen LogP contribution < -0.4 is 11.1 Å². The van der Waals surface area contributed by atoms with Gasteiger partial charge in [-0.3, -0.25) is 4.79 Å². The van der Waals surface area contributed by atoms with Crippen molar-refractivity contribution >= 4 is 11.6 Å². The Hall–Kier alpha value is -1.55. The molecule has 16 heavy (non-hydrogen) atoms. The van der Waals surface area contributed by atoms with Gasteiger partial charge in [-0.2, -0.15) is 0 Å². The van der Waals surface area contributed by atoms with Crippen molar-refractivity contribution in [2.75, 3.05) is 12.3 Å². The van der Waals surface area contributed by atoms with Gasteiger partial charge in [-0.15, -0.1) is 0 Å². The lowest BCUT2D eigenvalue weighted by molar-refractivity contribution is 0.0916. The molecule has 0 saturated heterocycles. The molecule has 4 nitrogen and oxygen atoms in total. The molecular weight excluding hydrogens is 204 g/mol. The zero-order valence-electron chi connectivity index (χ0n) is 9.60. The van der Waals surface area contributed by atoms with E-state index in [1.54, 1.807) is 24.3 Å². The van der Waals surface area contributed by atoms with Crippen LogP contribution in [0.3, 0.4) is 0 Å². The van der Waals surface area contributed by atoms with Gasteiger partial charge in [0.05, 0.1) is 0 Å². The van der Waals surface area contributed by atoms with Crippen LogP contribution in [0.4, 0.5) is 5.69 Å². The first-order valence-electron chi connectivity index (χ1n) is 5.32. The second-order valence-electron chi connectivity index (χ2n) is 4.05. The highest BCUT2D eigenvalue weighted by Crippen LogP contribution is 2.08. The zero-order chi connectivity index (χ0) is 12.1. The SMILES string of the molecule is CC(CO)C(C)NC(=O)c1cccc(N)c1. The number of anilines is 1. The third-order valence-electron chi connectivity index (χ3n) is 2.65. The maximum Gasteiger partial charge on any atom is 0.251 e. The van der Waals surface area contributed by atoms with E-state index in [0.717, 1.165) is 0 Å². The minimum atomic E-state index is -0.167. The third-order valence-corrected chi connectivity index (χ3v) is 2.65. The van der Waals surface area contributed by atoms with Crippen molar-refractivity contribution in [1.29, 1.82) is 0 Å². The van der Waals surface area contributed by atoms with Gasteiger partial charge in [0.15, 0.2) is 0 Å². The maximum atomic E-state index is 11.8. The first kappa shape index (κ1) is 12.5. The summed E-state index contributed by atoms with van der Waals surface area (Å²) in [6.07, 6.45) is 0. The van der Waals surface area contributed by atoms with Crippen LogP contribution in [0.5, 0.6) is 0 Å². The van der Waals surface area contributed by atoms with Crippen molar-refractivity contribution < 1.29 is 9.90 Å². The standard InChI is InChI=1S/C12H18N2O2/c1-8(7-15)9(2)14-12(16)10-4-3-5-11(13)6-10/h3-6,8-9,15H,7,13H2,1-2H3,(H,14,16). The number of aliphatic hydroxyl groups is 1. The van der Waals surface area contributed by atoms with Gasteiger partial charge < -0.3 is 16.2 Å². The van der Waals surface area contributed by atoms with Gasteiger partial charge in [0.25, 0.3) is 5.91 Å². The Labute approximate surface area is 95.5 Å². The molecule has 4 N–H and O–H groups in total. The Morgan fingerprint density at radius 3 is 2.75 bits per heavy atom. The fraction of sp³-hybridized carbons (Fsp3) is 0.417. The van der Waals surface area contributed by atoms with Crippen molar-refractivity contribution in [2.45, 2.75) is 19.9 Å². The van der Waals surface area contributed by atoms with Crippen LogP contribution in [0.2, 0.25) is 0 Å². The minimum Gasteiger partial charge on any atom is -0.399 e. The van der Waals surface area contributed by atoms with Crippen LogP contribution in [0, 0.1) is 5.92 Å². The van der Waals surface area contributed by atoms with Crippen LogP contribution in [-0.2, 0) is 0 Å². The lowest BCUT2D eigenvalue weighted by atomic mass is 10.0. The van der Waals surface area contributed by atoms with E-state index < -0.39 is 0 Å². The second kappa shape index (κ2) is 5.51. The molecule has 0 bridgehead atoms. The minimum absolute atomic E-state index is 0.0324. The first-order chi connectivity index (χ1) is 7.54. The summed E-state index contributed by atoms with van der Waals surface area (Å²) in [7, 11) is 0. The fourth-order valence-electron chi connectivity index (χ4n) is 1.27. The summed E-state index contributed by atoms with van der Waals surface area (Å²) in [6.45, 7) is 3.80. The average molecular weight is 222 g/mol. The monoisotopic (exact) mass is 222 g/mol. The number of nitrogens with one attached hydrogen (secondary N) is 1. The molecule has 0 aliphatic rings. The Balaban J connectivity index is 2.66. The zero-order valence-corrected chi connectivity index (χ0v) is 9.60. The number of amides is 1. The number of benzene rings is 1. The molecule has 0 aliphatic carbocycles. The molecule has 0 heterocycles. The van der Waals surface area contributed by atoms with Gasteiger partial charge in [-0.25, -0.2) is 0 Å². The molecule has 0 spiro atoms. The van der Waals surface area contributed by atoms with Crippen molar-refractivity contribution in [3.8, 4) is 0 Å². The predicted octanol–water partition coefficient (Wildman–Crippen LogP) is 1.02. The Morgan fingerprint density at radius 1 is 1.50 bits per heavy atom. The number of aliphatic hydroxyl groups excluding tert-OH is 1. The topological polar surface area (TPSA) is 75.3 Å². The molecule has 4 heteroatoms. The van der Waals surface area contributed by atoms with Gasteiger partial charge in [0.1, 0.15) is 0 Å². The smallest absolute Gasteiger partial charge is 0.251 e. The van der Waals surface area contributed by atoms with Crippen LogP contribution in [0.15, 0.2) is 24.3 Å². The molecule has 0 saturated carbocycles. The number of rotatable bonds is 4. The van der Waals surface area contributed by atoms with E-state index in [2.05, 4.69) is 5.32 Å². The molecule has 1 aromatic rings. The number of hydrogen-bond acceptors (Lipinski definition) is 3. The van der Waals surface area contributed by atoms with E-state index in [0.29, 0.717) is 11.3 Å². The van der Waals surface area contributed by atoms with E-state index >= 15 is 0 Å². The van der Waals surface area contributed by atoms with Crippen molar-refractivity contribution in [3.05, 3.63) is 29.8 Å². The molecule has 0 radical (unpaired) electrons. The molecule has 0 aliphatic heterocycles. The van der Waals surface area contributed by atoms with E-state index in [1.807, 2.05) is 13.8 Å². The highest BCUT2D eigenvalue weighted by atomic mass is 16.3. The van der Waals surface area contributed by atoms with E-state index in [1.165, 1.54) is 0 Å². The summed E-state index contributed by atoms with van der Waals surface area (Å²) in [5.41, 5.74) is 6.70. The number of nitrogen functional groups attached to an aromatic ring is 1. The van der Waals surface area contributed by atoms with Crippen LogP contribution in [0.1, 0.15) is 24.2 Å². The molecule has 0 fully saturated rings. The molecule has 2 unspecified atom stereocenters. The van der Waals surface area contributed by atoms with Gasteiger partial charge >= 0.3 is 0 Å². The Kier molecular flexibility index (Phi) is 4.31. The second-order valence-corrected chi connectivity index (χ2v) is 4.05. The molecule has 0 aromatic heterocycles. The van der Waals surface area contributed by atoms with Crippen LogP contribution >= 0.6 is 0 Å². The van der Waals surface area contributed by atoms with E-state index in [-0.39, 0.29) is 24.5 Å². The van der Waals surface area contributed by atoms with Gasteiger partial charge in [0, 0.05) is 23.9 Å². The number of carbonyl (C=O) groups is 1. The van der Waals surface area contributed by atoms with Crippen molar-refractivity contribution in [2.24, 2.45) is 5.92 Å². The van der Waals surface area contributed by atoms with Gasteiger partial charge in [-0.05, 0) is 31.0 Å². The predicted molar refractivity (Wildman–Crippen MR) is 64.0 cm³/mol. The number of hydrogen-bond donors (Lipinski definition) is 3. The summed E-state index contributed by atoms with van der Waals surface area (Å²) < 4.78 is 0. The first-order valence-corrected chi connectivity index (χ1v) is 5.32. The lowest BCUT2D eigenvalue weighted by Gasteiger charge is -2.19.